The van der Waals surface area contributed by atoms with Crippen LogP contribution in [0.15, 0.2) is 0 Å². The number of rotatable bonds is 3. The molecule has 0 saturated carbocycles. The van der Waals surface area contributed by atoms with Crippen LogP contribution in [0.4, 0.5) is 0 Å². The molecule has 70 valence electrons. The fourth-order valence-electron chi connectivity index (χ4n) is 0.204. The summed E-state index contributed by atoms with van der Waals surface area (Å²) in [7, 11) is -3.11. The molecular weight excluding hydrogens is 168 g/mol. The smallest absolute Gasteiger partial charge is 0.382 e. The molecule has 0 aromatic carbocycles. The van der Waals surface area contributed by atoms with Gasteiger partial charge in [-0.25, -0.2) is 0 Å². The maximum atomic E-state index is 7.85. The van der Waals surface area contributed by atoms with Gasteiger partial charge in [0.25, 0.3) is 0 Å². The Labute approximate surface area is 67.7 Å². The first kappa shape index (κ1) is 13.6. The molecule has 0 saturated heterocycles. The van der Waals surface area contributed by atoms with Crippen LogP contribution in [0.3, 0.4) is 0 Å². The second kappa shape index (κ2) is 8.12. The van der Waals surface area contributed by atoms with Crippen molar-refractivity contribution in [2.24, 2.45) is 0 Å². The van der Waals surface area contributed by atoms with Crippen LogP contribution in [0.5, 0.6) is 0 Å². The summed E-state index contributed by atoms with van der Waals surface area (Å²) >= 11 is 0. The summed E-state index contributed by atoms with van der Waals surface area (Å²) in [5.74, 6) is 0. The lowest BCUT2D eigenvalue weighted by Crippen LogP contribution is -2.37. The zero-order chi connectivity index (χ0) is 9.33. The zero-order valence-electron chi connectivity index (χ0n) is 7.07. The van der Waals surface area contributed by atoms with Gasteiger partial charge >= 0.3 is 9.05 Å². The normalized spacial score (nSPS) is 10.4. The van der Waals surface area contributed by atoms with Crippen LogP contribution in [0, 0.1) is 0 Å². The largest absolute Gasteiger partial charge is 0.671 e. The lowest BCUT2D eigenvalue weighted by atomic mass is 10.8. The van der Waals surface area contributed by atoms with E-state index in [9.17, 15) is 0 Å². The Morgan fingerprint density at radius 1 is 1.09 bits per heavy atom. The first-order chi connectivity index (χ1) is 4.97. The van der Waals surface area contributed by atoms with Crippen molar-refractivity contribution in [1.29, 1.82) is 0 Å². The van der Waals surface area contributed by atoms with Gasteiger partial charge in [-0.15, -0.1) is 0 Å². The van der Waals surface area contributed by atoms with Crippen LogP contribution in [-0.2, 0) is 9.16 Å². The molecule has 0 aliphatic heterocycles. The summed E-state index contributed by atoms with van der Waals surface area (Å²) in [6, 6.07) is 0. The van der Waals surface area contributed by atoms with Gasteiger partial charge in [0.1, 0.15) is 0 Å². The van der Waals surface area contributed by atoms with Crippen LogP contribution in [-0.4, -0.2) is 43.8 Å². The molecule has 3 N–H and O–H groups in total. The molecule has 0 atom stereocenters. The molecule has 6 heteroatoms. The molecule has 5 nitrogen and oxygen atoms in total. The highest BCUT2D eigenvalue weighted by Gasteiger charge is 2.27. The zero-order valence-corrected chi connectivity index (χ0v) is 8.07. The van der Waals surface area contributed by atoms with Gasteiger partial charge in [-0.2, -0.15) is 0 Å². The van der Waals surface area contributed by atoms with E-state index in [-0.39, 0.29) is 0 Å². The SMILES string of the molecule is CCOCC.CO[Si](O)(O)O. The molecule has 11 heavy (non-hydrogen) atoms. The quantitative estimate of drug-likeness (QED) is 0.495. The molecule has 0 amide bonds. The third-order valence-electron chi connectivity index (χ3n) is 0.682. The van der Waals surface area contributed by atoms with Gasteiger partial charge in [-0.05, 0) is 13.8 Å². The number of hydrogen-bond donors (Lipinski definition) is 3. The maximum Gasteiger partial charge on any atom is 0.671 e. The van der Waals surface area contributed by atoms with Crippen molar-refractivity contribution in [2.75, 3.05) is 20.3 Å². The average molecular weight is 184 g/mol. The molecule has 0 radical (unpaired) electrons. The number of ether oxygens (including phenoxy) is 1. The third kappa shape index (κ3) is 25.6. The molecule has 0 aromatic heterocycles. The Bertz CT molecular complexity index is 69.8. The van der Waals surface area contributed by atoms with E-state index in [1.165, 1.54) is 0 Å². The molecule has 0 heterocycles. The minimum Gasteiger partial charge on any atom is -0.382 e. The summed E-state index contributed by atoms with van der Waals surface area (Å²) in [6.07, 6.45) is 0. The minimum absolute atomic E-state index is 0.844. The van der Waals surface area contributed by atoms with Crippen LogP contribution < -0.4 is 0 Å². The fraction of sp³-hybridized carbons (Fsp3) is 1.00. The first-order valence-corrected chi connectivity index (χ1v) is 5.02. The van der Waals surface area contributed by atoms with E-state index in [4.69, 9.17) is 19.1 Å². The van der Waals surface area contributed by atoms with Crippen LogP contribution in [0.2, 0.25) is 0 Å². The lowest BCUT2D eigenvalue weighted by Gasteiger charge is -2.01. The molecule has 0 aliphatic rings. The summed E-state index contributed by atoms with van der Waals surface area (Å²) < 4.78 is 8.58. The molecule has 0 rings (SSSR count). The molecule has 0 bridgehead atoms. The molecule has 0 fully saturated rings. The second-order valence-electron chi connectivity index (χ2n) is 1.56. The van der Waals surface area contributed by atoms with Crippen molar-refractivity contribution in [3.8, 4) is 0 Å². The Hall–Kier alpha value is 0.0169. The van der Waals surface area contributed by atoms with Crippen LogP contribution in [0.25, 0.3) is 0 Å². The van der Waals surface area contributed by atoms with Crippen molar-refractivity contribution in [1.82, 2.24) is 0 Å². The van der Waals surface area contributed by atoms with E-state index in [0.29, 0.717) is 0 Å². The van der Waals surface area contributed by atoms with E-state index < -0.39 is 9.05 Å². The molecule has 0 aromatic rings. The molecule has 0 unspecified atom stereocenters. The average Bonchev–Trinajstić information content (AvgIpc) is 1.90. The highest BCUT2D eigenvalue weighted by atomic mass is 28.4. The summed E-state index contributed by atoms with van der Waals surface area (Å²) in [5, 5.41) is 0. The summed E-state index contributed by atoms with van der Waals surface area (Å²) in [6.45, 7) is 5.67. The monoisotopic (exact) mass is 184 g/mol. The van der Waals surface area contributed by atoms with Gasteiger partial charge in [-0.3, -0.25) is 0 Å². The molecule has 0 aliphatic carbocycles. The topological polar surface area (TPSA) is 79.2 Å². The minimum atomic E-state index is -4.13. The van der Waals surface area contributed by atoms with E-state index in [1.54, 1.807) is 0 Å². The number of hydrogen-bond acceptors (Lipinski definition) is 5. The molecule has 0 spiro atoms. The predicted octanol–water partition coefficient (Wildman–Crippen LogP) is -0.912. The van der Waals surface area contributed by atoms with Crippen molar-refractivity contribution >= 4 is 9.05 Å². The standard InChI is InChI=1S/C4H10O.CH6O4Si/c1-3-5-4-2;1-5-6(2,3)4/h3-4H2,1-2H3;2-4H,1H3. The van der Waals surface area contributed by atoms with Crippen molar-refractivity contribution in [2.45, 2.75) is 13.8 Å². The van der Waals surface area contributed by atoms with E-state index in [2.05, 4.69) is 4.43 Å². The van der Waals surface area contributed by atoms with E-state index >= 15 is 0 Å². The highest BCUT2D eigenvalue weighted by Crippen LogP contribution is 1.80. The Balaban J connectivity index is 0. The van der Waals surface area contributed by atoms with Crippen LogP contribution in [0.1, 0.15) is 13.8 Å². The predicted molar refractivity (Wildman–Crippen MR) is 41.6 cm³/mol. The van der Waals surface area contributed by atoms with Gasteiger partial charge in [0, 0.05) is 20.3 Å². The van der Waals surface area contributed by atoms with Crippen molar-refractivity contribution in [3.05, 3.63) is 0 Å². The lowest BCUT2D eigenvalue weighted by molar-refractivity contribution is 0.0881. The van der Waals surface area contributed by atoms with Gasteiger partial charge in [0.05, 0.1) is 0 Å². The maximum absolute atomic E-state index is 7.85. The first-order valence-electron chi connectivity index (χ1n) is 3.27. The Kier molecular flexibility index (Phi) is 10.0. The van der Waals surface area contributed by atoms with Gasteiger partial charge in [0.15, 0.2) is 0 Å². The van der Waals surface area contributed by atoms with Gasteiger partial charge in [-0.1, -0.05) is 0 Å². The fourth-order valence-corrected chi connectivity index (χ4v) is 0.204. The summed E-state index contributed by atoms with van der Waals surface area (Å²) in [5.41, 5.74) is 0. The van der Waals surface area contributed by atoms with Crippen molar-refractivity contribution < 1.29 is 23.5 Å². The second-order valence-corrected chi connectivity index (χ2v) is 3.12. The summed E-state index contributed by atoms with van der Waals surface area (Å²) in [4.78, 5) is 23.6. The van der Waals surface area contributed by atoms with Crippen LogP contribution >= 0.6 is 0 Å². The van der Waals surface area contributed by atoms with E-state index in [0.717, 1.165) is 20.3 Å². The Morgan fingerprint density at radius 3 is 1.36 bits per heavy atom. The Morgan fingerprint density at radius 2 is 1.36 bits per heavy atom. The third-order valence-corrected chi connectivity index (χ3v) is 1.23. The van der Waals surface area contributed by atoms with E-state index in [1.807, 2.05) is 13.8 Å². The van der Waals surface area contributed by atoms with Crippen molar-refractivity contribution in [3.63, 3.8) is 0 Å². The van der Waals surface area contributed by atoms with Gasteiger partial charge < -0.3 is 23.5 Å². The molecular formula is C5H16O5Si. The highest BCUT2D eigenvalue weighted by molar-refractivity contribution is 6.48. The van der Waals surface area contributed by atoms with Gasteiger partial charge in [0.2, 0.25) is 0 Å².